The minimum atomic E-state index is 0.413. The second kappa shape index (κ2) is 4.66. The first-order chi connectivity index (χ1) is 7.36. The van der Waals surface area contributed by atoms with Crippen LogP contribution in [0.1, 0.15) is 37.9 Å². The van der Waals surface area contributed by atoms with E-state index < -0.39 is 0 Å². The van der Waals surface area contributed by atoms with E-state index in [9.17, 15) is 0 Å². The van der Waals surface area contributed by atoms with E-state index in [4.69, 9.17) is 4.74 Å². The molecule has 1 saturated heterocycles. The summed E-state index contributed by atoms with van der Waals surface area (Å²) >= 11 is 0. The van der Waals surface area contributed by atoms with Gasteiger partial charge in [0.25, 0.3) is 0 Å². The number of nitrogens with zero attached hydrogens (tertiary/aromatic N) is 2. The van der Waals surface area contributed by atoms with Crippen molar-refractivity contribution in [2.45, 2.75) is 38.8 Å². The van der Waals surface area contributed by atoms with E-state index in [0.29, 0.717) is 6.04 Å². The molecule has 0 amide bonds. The monoisotopic (exact) mass is 209 g/mol. The van der Waals surface area contributed by atoms with Crippen LogP contribution in [0, 0.1) is 0 Å². The molecule has 1 unspecified atom stereocenters. The number of hydrogen-bond donors (Lipinski definition) is 1. The number of methoxy groups -OCH3 is 1. The molecule has 0 saturated carbocycles. The highest BCUT2D eigenvalue weighted by molar-refractivity contribution is 5.28. The molecule has 0 aliphatic carbocycles. The van der Waals surface area contributed by atoms with Crippen LogP contribution in [0.5, 0.6) is 5.75 Å². The molecule has 1 atom stereocenters. The summed E-state index contributed by atoms with van der Waals surface area (Å²) in [6, 6.07) is 0.413. The zero-order chi connectivity index (χ0) is 10.7. The Labute approximate surface area is 90.6 Å². The number of rotatable bonds is 3. The second-order valence-electron chi connectivity index (χ2n) is 3.92. The molecule has 4 nitrogen and oxygen atoms in total. The third-order valence-corrected chi connectivity index (χ3v) is 3.00. The predicted molar refractivity (Wildman–Crippen MR) is 59.0 cm³/mol. The third kappa shape index (κ3) is 2.00. The minimum absolute atomic E-state index is 0.413. The molecule has 1 N–H and O–H groups in total. The summed E-state index contributed by atoms with van der Waals surface area (Å²) in [5.74, 6) is 0.913. The van der Waals surface area contributed by atoms with Gasteiger partial charge >= 0.3 is 0 Å². The van der Waals surface area contributed by atoms with Gasteiger partial charge in [0.15, 0.2) is 5.75 Å². The number of ether oxygens (including phenoxy) is 1. The standard InChI is InChI=1S/C11H19N3O/c1-3-14-11(10(15-2)8-13-14)9-6-4-5-7-12-9/h8-9,12H,3-7H2,1-2H3. The van der Waals surface area contributed by atoms with Crippen molar-refractivity contribution in [3.8, 4) is 5.75 Å². The minimum Gasteiger partial charge on any atom is -0.493 e. The quantitative estimate of drug-likeness (QED) is 0.824. The van der Waals surface area contributed by atoms with Crippen molar-refractivity contribution in [1.29, 1.82) is 0 Å². The van der Waals surface area contributed by atoms with Crippen molar-refractivity contribution >= 4 is 0 Å². The Balaban J connectivity index is 2.26. The van der Waals surface area contributed by atoms with Crippen molar-refractivity contribution in [3.63, 3.8) is 0 Å². The Hall–Kier alpha value is -1.03. The van der Waals surface area contributed by atoms with Gasteiger partial charge in [-0.3, -0.25) is 4.68 Å². The highest BCUT2D eigenvalue weighted by Gasteiger charge is 2.22. The maximum atomic E-state index is 5.36. The van der Waals surface area contributed by atoms with Crippen LogP contribution in [0.4, 0.5) is 0 Å². The molecule has 1 aliphatic heterocycles. The van der Waals surface area contributed by atoms with E-state index in [-0.39, 0.29) is 0 Å². The fourth-order valence-electron chi connectivity index (χ4n) is 2.22. The number of aryl methyl sites for hydroxylation is 1. The molecule has 1 aromatic rings. The fraction of sp³-hybridized carbons (Fsp3) is 0.727. The fourth-order valence-corrected chi connectivity index (χ4v) is 2.22. The summed E-state index contributed by atoms with van der Waals surface area (Å²) in [7, 11) is 1.71. The molecule has 2 rings (SSSR count). The third-order valence-electron chi connectivity index (χ3n) is 3.00. The highest BCUT2D eigenvalue weighted by Crippen LogP contribution is 2.30. The Kier molecular flexibility index (Phi) is 3.26. The maximum absolute atomic E-state index is 5.36. The number of hydrogen-bond acceptors (Lipinski definition) is 3. The topological polar surface area (TPSA) is 39.1 Å². The molecular weight excluding hydrogens is 190 g/mol. The van der Waals surface area contributed by atoms with Gasteiger partial charge in [-0.25, -0.2) is 0 Å². The van der Waals surface area contributed by atoms with Crippen molar-refractivity contribution in [2.75, 3.05) is 13.7 Å². The lowest BCUT2D eigenvalue weighted by Gasteiger charge is -2.24. The molecule has 0 aromatic carbocycles. The van der Waals surface area contributed by atoms with Crippen LogP contribution < -0.4 is 10.1 Å². The Morgan fingerprint density at radius 1 is 1.60 bits per heavy atom. The Morgan fingerprint density at radius 3 is 3.07 bits per heavy atom. The van der Waals surface area contributed by atoms with E-state index in [1.165, 1.54) is 25.0 Å². The van der Waals surface area contributed by atoms with Gasteiger partial charge in [-0.2, -0.15) is 5.10 Å². The van der Waals surface area contributed by atoms with E-state index in [1.807, 2.05) is 10.9 Å². The molecule has 1 aromatic heterocycles. The maximum Gasteiger partial charge on any atom is 0.161 e. The lowest BCUT2D eigenvalue weighted by molar-refractivity contribution is 0.358. The lowest BCUT2D eigenvalue weighted by Crippen LogP contribution is -2.29. The van der Waals surface area contributed by atoms with Gasteiger partial charge in [0.2, 0.25) is 0 Å². The predicted octanol–water partition coefficient (Wildman–Crippen LogP) is 1.73. The van der Waals surface area contributed by atoms with Crippen LogP contribution in [0.15, 0.2) is 6.20 Å². The average molecular weight is 209 g/mol. The van der Waals surface area contributed by atoms with Crippen LogP contribution in [0.2, 0.25) is 0 Å². The normalized spacial score (nSPS) is 21.6. The number of nitrogens with one attached hydrogen (secondary N) is 1. The molecule has 1 aliphatic rings. The molecule has 4 heteroatoms. The SMILES string of the molecule is CCn1ncc(OC)c1C1CCCCN1. The van der Waals surface area contributed by atoms with Gasteiger partial charge < -0.3 is 10.1 Å². The van der Waals surface area contributed by atoms with Gasteiger partial charge in [0.1, 0.15) is 0 Å². The largest absolute Gasteiger partial charge is 0.493 e. The zero-order valence-corrected chi connectivity index (χ0v) is 9.49. The highest BCUT2D eigenvalue weighted by atomic mass is 16.5. The molecule has 1 fully saturated rings. The Bertz CT molecular complexity index is 294. The lowest BCUT2D eigenvalue weighted by atomic mass is 10.0. The van der Waals surface area contributed by atoms with Crippen LogP contribution in [-0.4, -0.2) is 23.4 Å². The van der Waals surface area contributed by atoms with Crippen LogP contribution in [0.3, 0.4) is 0 Å². The number of aromatic nitrogens is 2. The second-order valence-corrected chi connectivity index (χ2v) is 3.92. The molecule has 0 bridgehead atoms. The van der Waals surface area contributed by atoms with E-state index >= 15 is 0 Å². The summed E-state index contributed by atoms with van der Waals surface area (Å²) in [5, 5.41) is 7.86. The van der Waals surface area contributed by atoms with Crippen molar-refractivity contribution in [3.05, 3.63) is 11.9 Å². The molecule has 84 valence electrons. The number of piperidine rings is 1. The Morgan fingerprint density at radius 2 is 2.47 bits per heavy atom. The summed E-state index contributed by atoms with van der Waals surface area (Å²) in [6.45, 7) is 4.11. The molecule has 0 radical (unpaired) electrons. The van der Waals surface area contributed by atoms with E-state index in [1.54, 1.807) is 7.11 Å². The van der Waals surface area contributed by atoms with Crippen LogP contribution >= 0.6 is 0 Å². The van der Waals surface area contributed by atoms with E-state index in [0.717, 1.165) is 18.8 Å². The van der Waals surface area contributed by atoms with Gasteiger partial charge in [0, 0.05) is 6.54 Å². The summed E-state index contributed by atoms with van der Waals surface area (Å²) in [6.07, 6.45) is 5.56. The molecular formula is C11H19N3O. The zero-order valence-electron chi connectivity index (χ0n) is 9.49. The summed E-state index contributed by atoms with van der Waals surface area (Å²) in [4.78, 5) is 0. The van der Waals surface area contributed by atoms with Crippen molar-refractivity contribution < 1.29 is 4.74 Å². The van der Waals surface area contributed by atoms with Gasteiger partial charge in [-0.1, -0.05) is 6.42 Å². The summed E-state index contributed by atoms with van der Waals surface area (Å²) < 4.78 is 7.39. The average Bonchev–Trinajstić information content (AvgIpc) is 2.72. The first-order valence-electron chi connectivity index (χ1n) is 5.70. The van der Waals surface area contributed by atoms with Crippen LogP contribution in [0.25, 0.3) is 0 Å². The first kappa shape index (κ1) is 10.5. The smallest absolute Gasteiger partial charge is 0.161 e. The summed E-state index contributed by atoms with van der Waals surface area (Å²) in [5.41, 5.74) is 1.21. The molecule has 2 heterocycles. The van der Waals surface area contributed by atoms with Gasteiger partial charge in [0.05, 0.1) is 25.0 Å². The van der Waals surface area contributed by atoms with Gasteiger partial charge in [-0.05, 0) is 26.3 Å². The molecule has 0 spiro atoms. The first-order valence-corrected chi connectivity index (χ1v) is 5.70. The van der Waals surface area contributed by atoms with Crippen LogP contribution in [-0.2, 0) is 6.54 Å². The van der Waals surface area contributed by atoms with Crippen molar-refractivity contribution in [1.82, 2.24) is 15.1 Å². The van der Waals surface area contributed by atoms with Crippen molar-refractivity contribution in [2.24, 2.45) is 0 Å². The molecule has 15 heavy (non-hydrogen) atoms. The van der Waals surface area contributed by atoms with Gasteiger partial charge in [-0.15, -0.1) is 0 Å². The van der Waals surface area contributed by atoms with E-state index in [2.05, 4.69) is 17.3 Å².